The number of nitrogens with zero attached hydrogens (tertiary/aromatic N) is 3. The number of rotatable bonds is 5. The Morgan fingerprint density at radius 2 is 1.92 bits per heavy atom. The first kappa shape index (κ1) is 18.3. The van der Waals surface area contributed by atoms with Gasteiger partial charge >= 0.3 is 0 Å². The fourth-order valence-electron chi connectivity index (χ4n) is 2.19. The lowest BCUT2D eigenvalue weighted by atomic mass is 10.0. The van der Waals surface area contributed by atoms with E-state index in [4.69, 9.17) is 10.5 Å². The van der Waals surface area contributed by atoms with Crippen LogP contribution in [0, 0.1) is 6.92 Å². The van der Waals surface area contributed by atoms with Gasteiger partial charge in [0.15, 0.2) is 5.16 Å². The van der Waals surface area contributed by atoms with Gasteiger partial charge in [0.05, 0.1) is 6.04 Å². The second-order valence-corrected chi connectivity index (χ2v) is 7.38. The number of nitrogen functional groups attached to an aromatic ring is 1. The van der Waals surface area contributed by atoms with Gasteiger partial charge in [0.2, 0.25) is 11.9 Å². The van der Waals surface area contributed by atoms with E-state index in [2.05, 4.69) is 33.3 Å². The van der Waals surface area contributed by atoms with Gasteiger partial charge in [0.1, 0.15) is 11.4 Å². The third-order valence-electron chi connectivity index (χ3n) is 3.28. The lowest BCUT2D eigenvalue weighted by molar-refractivity contribution is 0.130. The fourth-order valence-corrected chi connectivity index (χ4v) is 2.55. The lowest BCUT2D eigenvalue weighted by Crippen LogP contribution is -2.23. The third kappa shape index (κ3) is 4.99. The number of hydrogen-bond donors (Lipinski definition) is 2. The number of aromatic nitrogens is 3. The maximum atomic E-state index is 5.96. The SMILES string of the molecule is CSc1nc(N)nc(NC(C)c2ccc(OC(C)(C)C)c(C)c2)n1. The molecule has 2 aromatic rings. The molecule has 1 aromatic carbocycles. The zero-order valence-corrected chi connectivity index (χ0v) is 15.9. The number of ether oxygens (including phenoxy) is 1. The van der Waals surface area contributed by atoms with Crippen molar-refractivity contribution >= 4 is 23.7 Å². The molecule has 0 aliphatic rings. The van der Waals surface area contributed by atoms with E-state index in [1.165, 1.54) is 11.8 Å². The van der Waals surface area contributed by atoms with Crippen LogP contribution in [0.4, 0.5) is 11.9 Å². The molecule has 0 saturated carbocycles. The lowest BCUT2D eigenvalue weighted by Gasteiger charge is -2.23. The molecule has 2 rings (SSSR count). The van der Waals surface area contributed by atoms with Crippen LogP contribution in [0.2, 0.25) is 0 Å². The number of hydrogen-bond acceptors (Lipinski definition) is 7. The van der Waals surface area contributed by atoms with Gasteiger partial charge < -0.3 is 15.8 Å². The number of anilines is 2. The van der Waals surface area contributed by atoms with Gasteiger partial charge in [-0.15, -0.1) is 0 Å². The normalized spacial score (nSPS) is 12.8. The summed E-state index contributed by atoms with van der Waals surface area (Å²) in [5.74, 6) is 1.59. The van der Waals surface area contributed by atoms with E-state index in [1.54, 1.807) is 0 Å². The highest BCUT2D eigenvalue weighted by Crippen LogP contribution is 2.27. The van der Waals surface area contributed by atoms with Crippen molar-refractivity contribution in [2.45, 2.75) is 51.4 Å². The zero-order chi connectivity index (χ0) is 17.9. The summed E-state index contributed by atoms with van der Waals surface area (Å²) < 4.78 is 5.96. The summed E-state index contributed by atoms with van der Waals surface area (Å²) in [5, 5.41) is 3.87. The quantitative estimate of drug-likeness (QED) is 0.795. The van der Waals surface area contributed by atoms with Crippen molar-refractivity contribution in [2.24, 2.45) is 0 Å². The summed E-state index contributed by atoms with van der Waals surface area (Å²) in [6.07, 6.45) is 1.90. The minimum atomic E-state index is -0.216. The summed E-state index contributed by atoms with van der Waals surface area (Å²) in [6, 6.07) is 6.19. The van der Waals surface area contributed by atoms with E-state index < -0.39 is 0 Å². The van der Waals surface area contributed by atoms with Gasteiger partial charge in [-0.3, -0.25) is 0 Å². The zero-order valence-electron chi connectivity index (χ0n) is 15.0. The minimum absolute atomic E-state index is 0.0314. The molecule has 0 radical (unpaired) electrons. The molecule has 0 aliphatic carbocycles. The molecule has 0 saturated heterocycles. The van der Waals surface area contributed by atoms with Crippen LogP contribution in [0.5, 0.6) is 5.75 Å². The van der Waals surface area contributed by atoms with Crippen LogP contribution < -0.4 is 15.8 Å². The Bertz CT molecular complexity index is 715. The largest absolute Gasteiger partial charge is 0.488 e. The monoisotopic (exact) mass is 347 g/mol. The first-order valence-electron chi connectivity index (χ1n) is 7.79. The molecule has 6 nitrogen and oxygen atoms in total. The highest BCUT2D eigenvalue weighted by atomic mass is 32.2. The molecule has 24 heavy (non-hydrogen) atoms. The molecule has 0 spiro atoms. The number of thioether (sulfide) groups is 1. The summed E-state index contributed by atoms with van der Waals surface area (Å²) >= 11 is 1.43. The molecule has 3 N–H and O–H groups in total. The fraction of sp³-hybridized carbons (Fsp3) is 0.471. The minimum Gasteiger partial charge on any atom is -0.488 e. The van der Waals surface area contributed by atoms with Gasteiger partial charge in [-0.2, -0.15) is 15.0 Å². The van der Waals surface area contributed by atoms with Crippen molar-refractivity contribution in [1.29, 1.82) is 0 Å². The van der Waals surface area contributed by atoms with E-state index in [-0.39, 0.29) is 17.6 Å². The number of benzene rings is 1. The van der Waals surface area contributed by atoms with Gasteiger partial charge in [0, 0.05) is 0 Å². The average molecular weight is 347 g/mol. The number of nitrogens with two attached hydrogens (primary N) is 1. The van der Waals surface area contributed by atoms with Crippen molar-refractivity contribution in [3.63, 3.8) is 0 Å². The average Bonchev–Trinajstić information content (AvgIpc) is 2.47. The maximum absolute atomic E-state index is 5.96. The van der Waals surface area contributed by atoms with E-state index in [9.17, 15) is 0 Å². The summed E-state index contributed by atoms with van der Waals surface area (Å²) in [5.41, 5.74) is 7.72. The smallest absolute Gasteiger partial charge is 0.228 e. The Kier molecular flexibility index (Phi) is 5.54. The van der Waals surface area contributed by atoms with Crippen molar-refractivity contribution in [2.75, 3.05) is 17.3 Å². The summed E-state index contributed by atoms with van der Waals surface area (Å²) in [6.45, 7) is 10.2. The van der Waals surface area contributed by atoms with Crippen molar-refractivity contribution in [3.8, 4) is 5.75 Å². The van der Waals surface area contributed by atoms with E-state index in [0.717, 1.165) is 16.9 Å². The molecule has 1 atom stereocenters. The van der Waals surface area contributed by atoms with Crippen LogP contribution in [-0.4, -0.2) is 26.8 Å². The Morgan fingerprint density at radius 3 is 2.50 bits per heavy atom. The van der Waals surface area contributed by atoms with Crippen LogP contribution in [0.15, 0.2) is 23.4 Å². The second-order valence-electron chi connectivity index (χ2n) is 6.61. The second kappa shape index (κ2) is 7.25. The first-order chi connectivity index (χ1) is 11.2. The van der Waals surface area contributed by atoms with Crippen LogP contribution in [0.25, 0.3) is 0 Å². The Balaban J connectivity index is 2.17. The molecular weight excluding hydrogens is 322 g/mol. The molecule has 1 unspecified atom stereocenters. The number of aryl methyl sites for hydroxylation is 1. The molecule has 0 amide bonds. The predicted molar refractivity (Wildman–Crippen MR) is 99.6 cm³/mol. The molecule has 0 fully saturated rings. The van der Waals surface area contributed by atoms with Crippen LogP contribution in [0.1, 0.15) is 44.9 Å². The molecule has 130 valence electrons. The standard InChI is InChI=1S/C17H25N5OS/c1-10-9-12(7-8-13(10)23-17(3,4)5)11(2)19-15-20-14(18)21-16(22-15)24-6/h7-9,11H,1-6H3,(H3,18,19,20,21,22). The van der Waals surface area contributed by atoms with Gasteiger partial charge in [-0.25, -0.2) is 0 Å². The molecule has 7 heteroatoms. The molecule has 1 aromatic heterocycles. The summed E-state index contributed by atoms with van der Waals surface area (Å²) in [7, 11) is 0. The van der Waals surface area contributed by atoms with Crippen molar-refractivity contribution < 1.29 is 4.74 Å². The van der Waals surface area contributed by atoms with Gasteiger partial charge in [-0.1, -0.05) is 23.9 Å². The van der Waals surface area contributed by atoms with E-state index >= 15 is 0 Å². The van der Waals surface area contributed by atoms with Gasteiger partial charge in [0.25, 0.3) is 0 Å². The van der Waals surface area contributed by atoms with E-state index in [1.807, 2.05) is 46.1 Å². The summed E-state index contributed by atoms with van der Waals surface area (Å²) in [4.78, 5) is 12.5. The van der Waals surface area contributed by atoms with Crippen LogP contribution >= 0.6 is 11.8 Å². The van der Waals surface area contributed by atoms with Gasteiger partial charge in [-0.05, 0) is 58.1 Å². The Hall–Kier alpha value is -2.02. The van der Waals surface area contributed by atoms with Crippen LogP contribution in [-0.2, 0) is 0 Å². The topological polar surface area (TPSA) is 86.0 Å². The number of nitrogens with one attached hydrogen (secondary N) is 1. The highest BCUT2D eigenvalue weighted by molar-refractivity contribution is 7.98. The third-order valence-corrected chi connectivity index (χ3v) is 3.82. The molecular formula is C17H25N5OS. The highest BCUT2D eigenvalue weighted by Gasteiger charge is 2.15. The molecule has 1 heterocycles. The van der Waals surface area contributed by atoms with Crippen LogP contribution in [0.3, 0.4) is 0 Å². The van der Waals surface area contributed by atoms with Crippen molar-refractivity contribution in [3.05, 3.63) is 29.3 Å². The van der Waals surface area contributed by atoms with Crippen molar-refractivity contribution in [1.82, 2.24) is 15.0 Å². The Morgan fingerprint density at radius 1 is 1.21 bits per heavy atom. The maximum Gasteiger partial charge on any atom is 0.228 e. The van der Waals surface area contributed by atoms with E-state index in [0.29, 0.717) is 11.1 Å². The molecule has 0 aliphatic heterocycles. The predicted octanol–water partition coefficient (Wildman–Crippen LogP) is 3.83. The molecule has 0 bridgehead atoms. The first-order valence-corrected chi connectivity index (χ1v) is 9.02. The Labute approximate surface area is 147 Å².